The minimum atomic E-state index is -0.512. The van der Waals surface area contributed by atoms with Crippen molar-refractivity contribution in [1.82, 2.24) is 9.78 Å². The van der Waals surface area contributed by atoms with E-state index in [1.807, 2.05) is 0 Å². The number of ether oxygens (including phenoxy) is 1. The zero-order valence-corrected chi connectivity index (χ0v) is 14.5. The Balaban J connectivity index is 1.60. The second-order valence-corrected chi connectivity index (χ2v) is 6.36. The lowest BCUT2D eigenvalue weighted by atomic mass is 10.1. The molecule has 1 aliphatic rings. The lowest BCUT2D eigenvalue weighted by molar-refractivity contribution is 0.0463. The zero-order valence-electron chi connectivity index (χ0n) is 14.5. The second-order valence-electron chi connectivity index (χ2n) is 6.36. The van der Waals surface area contributed by atoms with Gasteiger partial charge in [-0.15, -0.1) is 0 Å². The SMILES string of the molecule is N#Cc1ccccc1COC(=O)c1nn(-c2ccc(F)cc2)c2c1CCC2. The number of hydrogen-bond donors (Lipinski definition) is 0. The molecule has 0 bridgehead atoms. The summed E-state index contributed by atoms with van der Waals surface area (Å²) in [6, 6.07) is 15.1. The molecule has 0 fully saturated rings. The Bertz CT molecular complexity index is 1050. The van der Waals surface area contributed by atoms with Crippen molar-refractivity contribution in [3.63, 3.8) is 0 Å². The molecule has 0 saturated carbocycles. The Kier molecular flexibility index (Phi) is 4.43. The quantitative estimate of drug-likeness (QED) is 0.664. The molecule has 1 aromatic heterocycles. The minimum absolute atomic E-state index is 0.0146. The average molecular weight is 361 g/mol. The predicted molar refractivity (Wildman–Crippen MR) is 95.8 cm³/mol. The molecule has 6 heteroatoms. The van der Waals surface area contributed by atoms with E-state index in [9.17, 15) is 9.18 Å². The van der Waals surface area contributed by atoms with Gasteiger partial charge in [0, 0.05) is 16.8 Å². The third-order valence-electron chi connectivity index (χ3n) is 4.69. The van der Waals surface area contributed by atoms with Crippen LogP contribution in [0.1, 0.15) is 39.3 Å². The first-order valence-electron chi connectivity index (χ1n) is 8.69. The van der Waals surface area contributed by atoms with Crippen molar-refractivity contribution in [2.24, 2.45) is 0 Å². The van der Waals surface area contributed by atoms with Gasteiger partial charge in [-0.3, -0.25) is 0 Å². The zero-order chi connectivity index (χ0) is 18.8. The van der Waals surface area contributed by atoms with Gasteiger partial charge in [-0.1, -0.05) is 18.2 Å². The summed E-state index contributed by atoms with van der Waals surface area (Å²) >= 11 is 0. The first kappa shape index (κ1) is 17.0. The molecule has 5 nitrogen and oxygen atoms in total. The molecule has 4 rings (SSSR count). The molecule has 0 amide bonds. The fourth-order valence-electron chi connectivity index (χ4n) is 3.36. The van der Waals surface area contributed by atoms with Crippen LogP contribution in [0.25, 0.3) is 5.69 Å². The van der Waals surface area contributed by atoms with Gasteiger partial charge in [-0.25, -0.2) is 13.9 Å². The number of nitrogens with zero attached hydrogens (tertiary/aromatic N) is 3. The highest BCUT2D eigenvalue weighted by atomic mass is 19.1. The summed E-state index contributed by atoms with van der Waals surface area (Å²) < 4.78 is 20.3. The number of aromatic nitrogens is 2. The summed E-state index contributed by atoms with van der Waals surface area (Å²) in [6.07, 6.45) is 2.51. The van der Waals surface area contributed by atoms with Gasteiger partial charge in [0.25, 0.3) is 0 Å². The smallest absolute Gasteiger partial charge is 0.359 e. The number of rotatable bonds is 4. The lowest BCUT2D eigenvalue weighted by Gasteiger charge is -2.06. The van der Waals surface area contributed by atoms with Gasteiger partial charge in [0.05, 0.1) is 17.3 Å². The number of carbonyl (C=O) groups excluding carboxylic acids is 1. The Morgan fingerprint density at radius 3 is 2.74 bits per heavy atom. The van der Waals surface area contributed by atoms with E-state index in [1.54, 1.807) is 41.1 Å². The van der Waals surface area contributed by atoms with Crippen molar-refractivity contribution in [2.75, 3.05) is 0 Å². The molecule has 134 valence electrons. The summed E-state index contributed by atoms with van der Waals surface area (Å²) in [4.78, 5) is 12.6. The van der Waals surface area contributed by atoms with Crippen molar-refractivity contribution in [3.05, 3.63) is 82.4 Å². The average Bonchev–Trinajstić information content (AvgIpc) is 3.30. The molecule has 0 spiro atoms. The number of benzene rings is 2. The molecule has 3 aromatic rings. The molecular weight excluding hydrogens is 345 g/mol. The number of hydrogen-bond acceptors (Lipinski definition) is 4. The van der Waals surface area contributed by atoms with Gasteiger partial charge in [0.2, 0.25) is 0 Å². The van der Waals surface area contributed by atoms with Crippen LogP contribution in [-0.4, -0.2) is 15.7 Å². The topological polar surface area (TPSA) is 67.9 Å². The molecule has 0 saturated heterocycles. The summed E-state index contributed by atoms with van der Waals surface area (Å²) in [5.74, 6) is -0.833. The second kappa shape index (κ2) is 7.04. The molecule has 1 heterocycles. The van der Waals surface area contributed by atoms with Crippen molar-refractivity contribution in [2.45, 2.75) is 25.9 Å². The van der Waals surface area contributed by atoms with Crippen LogP contribution < -0.4 is 0 Å². The van der Waals surface area contributed by atoms with Gasteiger partial charge >= 0.3 is 5.97 Å². The van der Waals surface area contributed by atoms with Crippen molar-refractivity contribution in [1.29, 1.82) is 5.26 Å². The summed E-state index contributed by atoms with van der Waals surface area (Å²) in [5, 5.41) is 13.6. The third kappa shape index (κ3) is 3.20. The first-order valence-corrected chi connectivity index (χ1v) is 8.69. The van der Waals surface area contributed by atoms with Crippen LogP contribution in [0.15, 0.2) is 48.5 Å². The summed E-state index contributed by atoms with van der Waals surface area (Å²) in [6.45, 7) is 0.0146. The van der Waals surface area contributed by atoms with Crippen LogP contribution in [0.4, 0.5) is 4.39 Å². The van der Waals surface area contributed by atoms with E-state index in [0.717, 1.165) is 30.5 Å². The predicted octanol–water partition coefficient (Wildman–Crippen LogP) is 3.73. The fraction of sp³-hybridized carbons (Fsp3) is 0.190. The van der Waals surface area contributed by atoms with E-state index >= 15 is 0 Å². The van der Waals surface area contributed by atoms with Crippen LogP contribution in [0.3, 0.4) is 0 Å². The van der Waals surface area contributed by atoms with Crippen molar-refractivity contribution < 1.29 is 13.9 Å². The lowest BCUT2D eigenvalue weighted by Crippen LogP contribution is -2.10. The van der Waals surface area contributed by atoms with Crippen LogP contribution in [0, 0.1) is 17.1 Å². The maximum absolute atomic E-state index is 13.2. The number of fused-ring (bicyclic) bond motifs is 1. The van der Waals surface area contributed by atoms with Crippen LogP contribution >= 0.6 is 0 Å². The maximum atomic E-state index is 13.2. The molecule has 2 aromatic carbocycles. The fourth-order valence-corrected chi connectivity index (χ4v) is 3.36. The number of nitriles is 1. The molecule has 0 aliphatic heterocycles. The Morgan fingerprint density at radius 2 is 1.96 bits per heavy atom. The number of esters is 1. The van der Waals surface area contributed by atoms with Gasteiger partial charge in [-0.2, -0.15) is 10.4 Å². The van der Waals surface area contributed by atoms with E-state index in [4.69, 9.17) is 10.00 Å². The minimum Gasteiger partial charge on any atom is -0.456 e. The Morgan fingerprint density at radius 1 is 1.19 bits per heavy atom. The van der Waals surface area contributed by atoms with E-state index in [1.165, 1.54) is 12.1 Å². The summed E-state index contributed by atoms with van der Waals surface area (Å²) in [7, 11) is 0. The third-order valence-corrected chi connectivity index (χ3v) is 4.69. The standard InChI is InChI=1S/C21H16FN3O2/c22-16-8-10-17(11-9-16)25-19-7-3-6-18(19)20(24-25)21(26)27-13-15-5-2-1-4-14(15)12-23/h1-2,4-5,8-11H,3,6-7,13H2. The monoisotopic (exact) mass is 361 g/mol. The molecule has 0 atom stereocenters. The highest BCUT2D eigenvalue weighted by Gasteiger charge is 2.28. The molecular formula is C21H16FN3O2. The van der Waals surface area contributed by atoms with Crippen LogP contribution in [-0.2, 0) is 24.2 Å². The van der Waals surface area contributed by atoms with Gasteiger partial charge in [0.1, 0.15) is 12.4 Å². The Hall–Kier alpha value is -3.46. The molecule has 1 aliphatic carbocycles. The van der Waals surface area contributed by atoms with Crippen molar-refractivity contribution >= 4 is 5.97 Å². The van der Waals surface area contributed by atoms with Crippen molar-refractivity contribution in [3.8, 4) is 11.8 Å². The molecule has 0 N–H and O–H groups in total. The van der Waals surface area contributed by atoms with E-state index in [2.05, 4.69) is 11.2 Å². The maximum Gasteiger partial charge on any atom is 0.359 e. The summed E-state index contributed by atoms with van der Waals surface area (Å²) in [5.41, 5.74) is 3.99. The van der Waals surface area contributed by atoms with Gasteiger partial charge in [-0.05, 0) is 49.6 Å². The van der Waals surface area contributed by atoms with Gasteiger partial charge < -0.3 is 4.74 Å². The highest BCUT2D eigenvalue weighted by molar-refractivity contribution is 5.89. The highest BCUT2D eigenvalue weighted by Crippen LogP contribution is 2.28. The van der Waals surface area contributed by atoms with E-state index in [-0.39, 0.29) is 12.4 Å². The molecule has 27 heavy (non-hydrogen) atoms. The Labute approximate surface area is 155 Å². The van der Waals surface area contributed by atoms with E-state index < -0.39 is 5.97 Å². The largest absolute Gasteiger partial charge is 0.456 e. The molecule has 0 radical (unpaired) electrons. The van der Waals surface area contributed by atoms with E-state index in [0.29, 0.717) is 22.5 Å². The normalized spacial score (nSPS) is 12.4. The first-order chi connectivity index (χ1) is 13.2. The molecule has 0 unspecified atom stereocenters. The van der Waals surface area contributed by atoms with Crippen LogP contribution in [0.5, 0.6) is 0 Å². The van der Waals surface area contributed by atoms with Crippen LogP contribution in [0.2, 0.25) is 0 Å². The number of halogens is 1. The van der Waals surface area contributed by atoms with Gasteiger partial charge in [0.15, 0.2) is 5.69 Å². The number of carbonyl (C=O) groups is 1.